The van der Waals surface area contributed by atoms with E-state index < -0.39 is 6.04 Å². The summed E-state index contributed by atoms with van der Waals surface area (Å²) in [7, 11) is 0. The van der Waals surface area contributed by atoms with Crippen LogP contribution in [0, 0.1) is 6.92 Å². The molecule has 0 aliphatic rings. The molecular weight excluding hydrogens is 260 g/mol. The maximum absolute atomic E-state index is 12.2. The van der Waals surface area contributed by atoms with Crippen molar-refractivity contribution in [1.82, 2.24) is 5.32 Å². The quantitative estimate of drug-likeness (QED) is 0.886. The summed E-state index contributed by atoms with van der Waals surface area (Å²) in [6.07, 6.45) is 0.549. The minimum absolute atomic E-state index is 0.0417. The van der Waals surface area contributed by atoms with Crippen LogP contribution < -0.4 is 11.1 Å². The third kappa shape index (κ3) is 4.43. The van der Waals surface area contributed by atoms with Crippen LogP contribution in [-0.2, 0) is 11.2 Å². The average molecular weight is 282 g/mol. The van der Waals surface area contributed by atoms with Crippen molar-refractivity contribution in [3.05, 3.63) is 71.3 Å². The molecule has 0 radical (unpaired) electrons. The van der Waals surface area contributed by atoms with Crippen LogP contribution in [0.25, 0.3) is 0 Å². The van der Waals surface area contributed by atoms with E-state index in [9.17, 15) is 4.79 Å². The first-order valence-electron chi connectivity index (χ1n) is 7.22. The fraction of sp³-hybridized carbons (Fsp3) is 0.278. The predicted molar refractivity (Wildman–Crippen MR) is 85.9 cm³/mol. The summed E-state index contributed by atoms with van der Waals surface area (Å²) in [6.45, 7) is 4.01. The van der Waals surface area contributed by atoms with Crippen molar-refractivity contribution in [1.29, 1.82) is 0 Å². The van der Waals surface area contributed by atoms with Crippen molar-refractivity contribution < 1.29 is 4.79 Å². The number of hydrogen-bond acceptors (Lipinski definition) is 2. The summed E-state index contributed by atoms with van der Waals surface area (Å²) in [4.78, 5) is 12.2. The van der Waals surface area contributed by atoms with Gasteiger partial charge in [0, 0.05) is 0 Å². The van der Waals surface area contributed by atoms with Crippen LogP contribution >= 0.6 is 0 Å². The van der Waals surface area contributed by atoms with Gasteiger partial charge >= 0.3 is 0 Å². The summed E-state index contributed by atoms with van der Waals surface area (Å²) >= 11 is 0. The average Bonchev–Trinajstić information content (AvgIpc) is 2.48. The Labute approximate surface area is 126 Å². The van der Waals surface area contributed by atoms with Gasteiger partial charge in [-0.05, 0) is 31.4 Å². The molecule has 3 heteroatoms. The number of nitrogens with two attached hydrogens (primary N) is 1. The summed E-state index contributed by atoms with van der Waals surface area (Å²) in [5, 5.41) is 2.97. The summed E-state index contributed by atoms with van der Waals surface area (Å²) < 4.78 is 0. The van der Waals surface area contributed by atoms with E-state index in [2.05, 4.69) is 5.32 Å². The number of carbonyl (C=O) groups excluding carboxylic acids is 1. The van der Waals surface area contributed by atoms with Gasteiger partial charge in [0.25, 0.3) is 0 Å². The van der Waals surface area contributed by atoms with Gasteiger partial charge in [0.1, 0.15) is 0 Å². The lowest BCUT2D eigenvalue weighted by molar-refractivity contribution is -0.123. The Morgan fingerprint density at radius 2 is 1.71 bits per heavy atom. The Morgan fingerprint density at radius 1 is 1.10 bits per heavy atom. The fourth-order valence-corrected chi connectivity index (χ4v) is 2.22. The van der Waals surface area contributed by atoms with Crippen LogP contribution in [0.1, 0.15) is 29.7 Å². The van der Waals surface area contributed by atoms with E-state index in [0.717, 1.165) is 11.1 Å². The molecule has 0 saturated carbocycles. The molecule has 0 unspecified atom stereocenters. The largest absolute Gasteiger partial charge is 0.348 e. The van der Waals surface area contributed by atoms with Crippen molar-refractivity contribution in [2.24, 2.45) is 5.73 Å². The summed E-state index contributed by atoms with van der Waals surface area (Å²) in [6, 6.07) is 17.4. The van der Waals surface area contributed by atoms with Gasteiger partial charge in [-0.2, -0.15) is 0 Å². The van der Waals surface area contributed by atoms with Crippen molar-refractivity contribution in [2.75, 3.05) is 0 Å². The molecule has 21 heavy (non-hydrogen) atoms. The molecule has 0 aromatic heterocycles. The molecule has 0 saturated heterocycles. The minimum Gasteiger partial charge on any atom is -0.348 e. The predicted octanol–water partition coefficient (Wildman–Crippen LogP) is 2.74. The Kier molecular flexibility index (Phi) is 5.12. The molecular formula is C18H22N2O. The van der Waals surface area contributed by atoms with Crippen LogP contribution in [0.15, 0.2) is 54.6 Å². The highest BCUT2D eigenvalue weighted by Gasteiger charge is 2.16. The zero-order valence-electron chi connectivity index (χ0n) is 12.5. The zero-order valence-corrected chi connectivity index (χ0v) is 12.5. The van der Waals surface area contributed by atoms with Crippen LogP contribution in [0.3, 0.4) is 0 Å². The van der Waals surface area contributed by atoms with E-state index in [1.54, 1.807) is 0 Å². The highest BCUT2D eigenvalue weighted by atomic mass is 16.2. The SMILES string of the molecule is Cc1ccc([C@H](C)NC(=O)[C@H](N)Cc2ccccc2)cc1. The van der Waals surface area contributed by atoms with E-state index in [-0.39, 0.29) is 11.9 Å². The second kappa shape index (κ2) is 7.04. The second-order valence-corrected chi connectivity index (χ2v) is 5.44. The minimum atomic E-state index is -0.528. The molecule has 0 aliphatic carbocycles. The smallest absolute Gasteiger partial charge is 0.237 e. The number of aryl methyl sites for hydroxylation is 1. The molecule has 0 spiro atoms. The van der Waals surface area contributed by atoms with Crippen LogP contribution in [0.2, 0.25) is 0 Å². The summed E-state index contributed by atoms with van der Waals surface area (Å²) in [5.41, 5.74) is 9.35. The first-order valence-corrected chi connectivity index (χ1v) is 7.22. The Hall–Kier alpha value is -2.13. The molecule has 3 nitrogen and oxygen atoms in total. The molecule has 3 N–H and O–H groups in total. The van der Waals surface area contributed by atoms with Crippen molar-refractivity contribution in [3.8, 4) is 0 Å². The van der Waals surface area contributed by atoms with E-state index in [0.29, 0.717) is 6.42 Å². The van der Waals surface area contributed by atoms with Gasteiger partial charge in [0.2, 0.25) is 5.91 Å². The third-order valence-electron chi connectivity index (χ3n) is 3.57. The summed E-state index contributed by atoms with van der Waals surface area (Å²) in [5.74, 6) is -0.119. The van der Waals surface area contributed by atoms with Crippen molar-refractivity contribution in [2.45, 2.75) is 32.4 Å². The first kappa shape index (κ1) is 15.3. The molecule has 1 amide bonds. The Morgan fingerprint density at radius 3 is 2.33 bits per heavy atom. The number of carbonyl (C=O) groups is 1. The number of rotatable bonds is 5. The molecule has 0 heterocycles. The number of hydrogen-bond donors (Lipinski definition) is 2. The van der Waals surface area contributed by atoms with Gasteiger partial charge in [-0.1, -0.05) is 60.2 Å². The molecule has 2 aromatic carbocycles. The Balaban J connectivity index is 1.92. The number of benzene rings is 2. The topological polar surface area (TPSA) is 55.1 Å². The van der Waals surface area contributed by atoms with Gasteiger partial charge in [0.05, 0.1) is 12.1 Å². The molecule has 2 atom stereocenters. The lowest BCUT2D eigenvalue weighted by atomic mass is 10.0. The van der Waals surface area contributed by atoms with E-state index in [4.69, 9.17) is 5.73 Å². The molecule has 2 rings (SSSR count). The molecule has 110 valence electrons. The van der Waals surface area contributed by atoms with Crippen LogP contribution in [-0.4, -0.2) is 11.9 Å². The van der Waals surface area contributed by atoms with Crippen LogP contribution in [0.4, 0.5) is 0 Å². The standard InChI is InChI=1S/C18H22N2O/c1-13-8-10-16(11-9-13)14(2)20-18(21)17(19)12-15-6-4-3-5-7-15/h3-11,14,17H,12,19H2,1-2H3,(H,20,21)/t14-,17+/m0/s1. The Bertz CT molecular complexity index is 578. The lowest BCUT2D eigenvalue weighted by Gasteiger charge is -2.18. The van der Waals surface area contributed by atoms with Gasteiger partial charge in [-0.3, -0.25) is 4.79 Å². The van der Waals surface area contributed by atoms with Crippen molar-refractivity contribution in [3.63, 3.8) is 0 Å². The van der Waals surface area contributed by atoms with Gasteiger partial charge in [-0.25, -0.2) is 0 Å². The zero-order chi connectivity index (χ0) is 15.2. The van der Waals surface area contributed by atoms with Crippen molar-refractivity contribution >= 4 is 5.91 Å². The normalized spacial score (nSPS) is 13.5. The molecule has 0 fully saturated rings. The van der Waals surface area contributed by atoms with Gasteiger partial charge in [0.15, 0.2) is 0 Å². The molecule has 2 aromatic rings. The maximum Gasteiger partial charge on any atom is 0.237 e. The fourth-order valence-electron chi connectivity index (χ4n) is 2.22. The molecule has 0 aliphatic heterocycles. The lowest BCUT2D eigenvalue weighted by Crippen LogP contribution is -2.42. The number of amides is 1. The highest BCUT2D eigenvalue weighted by Crippen LogP contribution is 2.13. The van der Waals surface area contributed by atoms with Gasteiger partial charge in [-0.15, -0.1) is 0 Å². The second-order valence-electron chi connectivity index (χ2n) is 5.44. The number of nitrogens with one attached hydrogen (secondary N) is 1. The first-order chi connectivity index (χ1) is 10.1. The van der Waals surface area contributed by atoms with Gasteiger partial charge < -0.3 is 11.1 Å². The monoisotopic (exact) mass is 282 g/mol. The maximum atomic E-state index is 12.2. The van der Waals surface area contributed by atoms with Crippen LogP contribution in [0.5, 0.6) is 0 Å². The van der Waals surface area contributed by atoms with E-state index in [1.807, 2.05) is 68.4 Å². The van der Waals surface area contributed by atoms with E-state index in [1.165, 1.54) is 5.56 Å². The van der Waals surface area contributed by atoms with E-state index >= 15 is 0 Å². The highest BCUT2D eigenvalue weighted by molar-refractivity contribution is 5.82. The molecule has 0 bridgehead atoms. The third-order valence-corrected chi connectivity index (χ3v) is 3.57.